The number of piperazine rings is 1. The van der Waals surface area contributed by atoms with E-state index in [1.807, 2.05) is 0 Å². The lowest BCUT2D eigenvalue weighted by Gasteiger charge is -2.44. The summed E-state index contributed by atoms with van der Waals surface area (Å²) in [5, 5.41) is -0.549. The lowest BCUT2D eigenvalue weighted by atomic mass is 9.95. The molecule has 41 heavy (non-hydrogen) atoms. The predicted octanol–water partition coefficient (Wildman–Crippen LogP) is 6.42. The number of thioether (sulfide) groups is 1. The average Bonchev–Trinajstić information content (AvgIpc) is 3.11. The highest BCUT2D eigenvalue weighted by atomic mass is 35.5. The first-order valence-electron chi connectivity index (χ1n) is 12.6. The first-order chi connectivity index (χ1) is 19.2. The zero-order chi connectivity index (χ0) is 30.0. The lowest BCUT2D eigenvalue weighted by molar-refractivity contribution is -0.137. The van der Waals surface area contributed by atoms with E-state index in [1.165, 1.54) is 9.47 Å². The highest BCUT2D eigenvalue weighted by Crippen LogP contribution is 2.49. The minimum atomic E-state index is -4.98. The number of hydrogen-bond acceptors (Lipinski definition) is 5. The molecule has 0 aliphatic carbocycles. The molecule has 0 radical (unpaired) electrons. The smallest absolute Gasteiger partial charge is 0.352 e. The molecule has 2 aromatic carbocycles. The predicted molar refractivity (Wildman–Crippen MR) is 145 cm³/mol. The molecule has 1 fully saturated rings. The van der Waals surface area contributed by atoms with Gasteiger partial charge in [-0.25, -0.2) is 18.0 Å². The van der Waals surface area contributed by atoms with Gasteiger partial charge in [-0.15, -0.1) is 11.8 Å². The van der Waals surface area contributed by atoms with Crippen LogP contribution < -0.4 is 10.6 Å². The van der Waals surface area contributed by atoms with Crippen LogP contribution in [0.4, 0.5) is 32.2 Å². The van der Waals surface area contributed by atoms with Crippen molar-refractivity contribution in [2.24, 2.45) is 0 Å². The van der Waals surface area contributed by atoms with Gasteiger partial charge in [0.15, 0.2) is 5.83 Å². The Morgan fingerprint density at radius 2 is 1.78 bits per heavy atom. The number of rotatable bonds is 3. The summed E-state index contributed by atoms with van der Waals surface area (Å²) in [6, 6.07) is 0.869. The van der Waals surface area contributed by atoms with Crippen molar-refractivity contribution in [3.05, 3.63) is 63.3 Å². The Hall–Kier alpha value is -3.19. The molecule has 0 saturated carbocycles. The van der Waals surface area contributed by atoms with Crippen molar-refractivity contribution >= 4 is 46.0 Å². The molecule has 2 atom stereocenters. The van der Waals surface area contributed by atoms with Gasteiger partial charge in [-0.1, -0.05) is 18.2 Å². The third kappa shape index (κ3) is 5.07. The third-order valence-corrected chi connectivity index (χ3v) is 8.71. The molecule has 0 spiro atoms. The van der Waals surface area contributed by atoms with Gasteiger partial charge in [-0.05, 0) is 38.2 Å². The van der Waals surface area contributed by atoms with Gasteiger partial charge in [-0.2, -0.15) is 18.2 Å². The van der Waals surface area contributed by atoms with Crippen molar-refractivity contribution in [1.29, 1.82) is 0 Å². The fourth-order valence-electron chi connectivity index (χ4n) is 5.62. The molecule has 0 N–H and O–H groups in total. The molecule has 5 rings (SSSR count). The maximum absolute atomic E-state index is 15.1. The van der Waals surface area contributed by atoms with Crippen molar-refractivity contribution in [2.75, 3.05) is 23.7 Å². The van der Waals surface area contributed by atoms with Crippen LogP contribution in [0.2, 0.25) is 5.02 Å². The normalized spacial score (nSPS) is 19.4. The monoisotopic (exact) mass is 616 g/mol. The molecule has 2 unspecified atom stereocenters. The van der Waals surface area contributed by atoms with E-state index in [0.29, 0.717) is 18.2 Å². The van der Waals surface area contributed by atoms with Crippen molar-refractivity contribution < 1.29 is 31.1 Å². The van der Waals surface area contributed by atoms with Gasteiger partial charge in [0.1, 0.15) is 17.5 Å². The Morgan fingerprint density at radius 3 is 2.39 bits per heavy atom. The summed E-state index contributed by atoms with van der Waals surface area (Å²) in [6.45, 7) is 6.59. The topological polar surface area (TPSA) is 58.4 Å². The van der Waals surface area contributed by atoms with E-state index in [2.05, 4.69) is 11.6 Å². The highest BCUT2D eigenvalue weighted by molar-refractivity contribution is 7.99. The first-order valence-corrected chi connectivity index (χ1v) is 14.0. The van der Waals surface area contributed by atoms with Gasteiger partial charge in [0.05, 0.1) is 16.1 Å². The molecular formula is C27H23ClF6N4O2S. The van der Waals surface area contributed by atoms with Gasteiger partial charge in [0, 0.05) is 59.2 Å². The fourth-order valence-corrected chi connectivity index (χ4v) is 6.98. The quantitative estimate of drug-likeness (QED) is 0.193. The van der Waals surface area contributed by atoms with E-state index < -0.39 is 69.0 Å². The van der Waals surface area contributed by atoms with Crippen molar-refractivity contribution in [1.82, 2.24) is 14.5 Å². The zero-order valence-electron chi connectivity index (χ0n) is 21.8. The zero-order valence-corrected chi connectivity index (χ0v) is 23.4. The van der Waals surface area contributed by atoms with Crippen molar-refractivity contribution in [3.8, 4) is 11.1 Å². The number of aromatic nitrogens is 2. The highest BCUT2D eigenvalue weighted by Gasteiger charge is 2.40. The Labute approximate surface area is 239 Å². The number of hydrogen-bond donors (Lipinski definition) is 0. The molecule has 6 nitrogen and oxygen atoms in total. The summed E-state index contributed by atoms with van der Waals surface area (Å²) < 4.78 is 88.0. The van der Waals surface area contributed by atoms with Crippen LogP contribution in [0.3, 0.4) is 0 Å². The van der Waals surface area contributed by atoms with Crippen LogP contribution >= 0.6 is 23.4 Å². The second-order valence-electron chi connectivity index (χ2n) is 10.1. The Balaban J connectivity index is 1.81. The Kier molecular flexibility index (Phi) is 7.56. The molecule has 0 bridgehead atoms. The number of anilines is 1. The summed E-state index contributed by atoms with van der Waals surface area (Å²) in [4.78, 5) is 32.7. The number of carbonyl (C=O) groups is 1. The first kappa shape index (κ1) is 29.3. The number of alkyl halides is 3. The van der Waals surface area contributed by atoms with Crippen LogP contribution in [-0.4, -0.2) is 51.3 Å². The second kappa shape index (κ2) is 10.6. The lowest BCUT2D eigenvalue weighted by Crippen LogP contribution is -2.59. The molecule has 3 heterocycles. The van der Waals surface area contributed by atoms with Gasteiger partial charge in [0.2, 0.25) is 0 Å². The number of nitrogens with zero attached hydrogens (tertiary/aromatic N) is 4. The SMILES string of the molecule is C=C(F)C(=O)N1C(C)CN(c2nc(=O)n3c4c(c(-c5cc(Cl)c(F)cc5F)c(C(F)(F)F)cc24)SCCC3)CC1C. The molecule has 1 amide bonds. The molecule has 1 aromatic heterocycles. The van der Waals surface area contributed by atoms with Crippen LogP contribution in [0.5, 0.6) is 0 Å². The summed E-state index contributed by atoms with van der Waals surface area (Å²) in [5.41, 5.74) is -2.86. The minimum Gasteiger partial charge on any atom is -0.352 e. The molecule has 2 aliphatic heterocycles. The van der Waals surface area contributed by atoms with E-state index in [0.717, 1.165) is 23.9 Å². The molecule has 3 aromatic rings. The van der Waals surface area contributed by atoms with E-state index in [1.54, 1.807) is 18.7 Å². The fraction of sp³-hybridized carbons (Fsp3) is 0.370. The molecule has 2 aliphatic rings. The van der Waals surface area contributed by atoms with E-state index in [9.17, 15) is 31.5 Å². The number of aryl methyl sites for hydroxylation is 1. The van der Waals surface area contributed by atoms with E-state index in [-0.39, 0.29) is 41.3 Å². The molecule has 218 valence electrons. The molecular weight excluding hydrogens is 594 g/mol. The summed E-state index contributed by atoms with van der Waals surface area (Å²) >= 11 is 6.90. The Bertz CT molecular complexity index is 1650. The standard InChI is InChI=1S/C27H23ClF6N4O2S/c1-12-10-36(11-13(2)38(12)25(39)14(3)29)24-16-7-17(27(32,33)34)21(15-8-18(28)20(31)9-19(15)30)23-22(16)37(26(40)35-24)5-4-6-41-23/h7-9,12-13H,3-6,10-11H2,1-2H3. The maximum atomic E-state index is 15.1. The number of carbonyl (C=O) groups excluding carboxylic acids is 1. The van der Waals surface area contributed by atoms with E-state index in [4.69, 9.17) is 11.6 Å². The summed E-state index contributed by atoms with van der Waals surface area (Å²) in [7, 11) is 0. The molecule has 1 saturated heterocycles. The van der Waals surface area contributed by atoms with Crippen molar-refractivity contribution in [2.45, 2.75) is 50.0 Å². The van der Waals surface area contributed by atoms with Gasteiger partial charge < -0.3 is 9.80 Å². The van der Waals surface area contributed by atoms with Crippen LogP contribution in [0.25, 0.3) is 22.0 Å². The van der Waals surface area contributed by atoms with Crippen LogP contribution in [0, 0.1) is 11.6 Å². The third-order valence-electron chi connectivity index (χ3n) is 7.24. The van der Waals surface area contributed by atoms with E-state index >= 15 is 4.39 Å². The van der Waals surface area contributed by atoms with Crippen LogP contribution in [0.15, 0.2) is 40.3 Å². The second-order valence-corrected chi connectivity index (χ2v) is 11.6. The summed E-state index contributed by atoms with van der Waals surface area (Å²) in [6.07, 6.45) is -4.56. The van der Waals surface area contributed by atoms with Gasteiger partial charge in [0.25, 0.3) is 5.91 Å². The number of amides is 1. The van der Waals surface area contributed by atoms with Gasteiger partial charge in [-0.3, -0.25) is 9.36 Å². The number of benzene rings is 2. The van der Waals surface area contributed by atoms with Crippen molar-refractivity contribution in [3.63, 3.8) is 0 Å². The summed E-state index contributed by atoms with van der Waals surface area (Å²) in [5.74, 6) is -4.12. The number of halogens is 7. The average molecular weight is 617 g/mol. The molecule has 14 heteroatoms. The maximum Gasteiger partial charge on any atom is 0.417 e. The van der Waals surface area contributed by atoms with Crippen LogP contribution in [0.1, 0.15) is 25.8 Å². The minimum absolute atomic E-state index is 0.00158. The Morgan fingerprint density at radius 1 is 1.12 bits per heavy atom. The van der Waals surface area contributed by atoms with Crippen LogP contribution in [-0.2, 0) is 17.5 Å². The largest absolute Gasteiger partial charge is 0.417 e. The van der Waals surface area contributed by atoms with Gasteiger partial charge >= 0.3 is 11.9 Å².